The molecule has 2 aromatic rings. The molecule has 0 fully saturated rings. The SMILES string of the molecule is CNC(=O)C(C)N(Cc1ccccc1)C(=O)CCCN(c1ccc(OC)cc1)S(C)(=O)=O. The molecule has 0 aliphatic carbocycles. The van der Waals surface area contributed by atoms with E-state index in [9.17, 15) is 18.0 Å². The number of carbonyl (C=O) groups is 2. The third-order valence-electron chi connectivity index (χ3n) is 5.12. The molecular formula is C23H31N3O5S. The number of anilines is 1. The number of likely N-dealkylation sites (N-methyl/N-ethyl adjacent to an activating group) is 1. The van der Waals surface area contributed by atoms with E-state index in [-0.39, 0.29) is 24.8 Å². The minimum Gasteiger partial charge on any atom is -0.497 e. The third kappa shape index (κ3) is 6.98. The molecule has 0 saturated carbocycles. The number of amides is 2. The quantitative estimate of drug-likeness (QED) is 0.554. The van der Waals surface area contributed by atoms with Crippen LogP contribution in [0.2, 0.25) is 0 Å². The minimum atomic E-state index is -3.53. The van der Waals surface area contributed by atoms with E-state index >= 15 is 0 Å². The van der Waals surface area contributed by atoms with Crippen molar-refractivity contribution in [3.8, 4) is 5.75 Å². The predicted molar refractivity (Wildman–Crippen MR) is 125 cm³/mol. The van der Waals surface area contributed by atoms with Crippen LogP contribution in [0.15, 0.2) is 54.6 Å². The Hall–Kier alpha value is -3.07. The Kier molecular flexibility index (Phi) is 9.07. The van der Waals surface area contributed by atoms with Gasteiger partial charge in [-0.05, 0) is 43.2 Å². The molecule has 1 unspecified atom stereocenters. The smallest absolute Gasteiger partial charge is 0.242 e. The lowest BCUT2D eigenvalue weighted by atomic mass is 10.1. The monoisotopic (exact) mass is 461 g/mol. The maximum absolute atomic E-state index is 13.0. The van der Waals surface area contributed by atoms with E-state index in [4.69, 9.17) is 4.74 Å². The standard InChI is InChI=1S/C23H31N3O5S/c1-18(23(28)24-2)25(17-19-9-6-5-7-10-19)22(27)11-8-16-26(32(4,29)30)20-12-14-21(31-3)15-13-20/h5-7,9-10,12-15,18H,8,11,16-17H2,1-4H3,(H,24,28). The highest BCUT2D eigenvalue weighted by molar-refractivity contribution is 7.92. The van der Waals surface area contributed by atoms with Gasteiger partial charge in [-0.3, -0.25) is 13.9 Å². The van der Waals surface area contributed by atoms with E-state index in [1.807, 2.05) is 30.3 Å². The number of hydrogen-bond donors (Lipinski definition) is 1. The lowest BCUT2D eigenvalue weighted by molar-refractivity contribution is -0.140. The minimum absolute atomic E-state index is 0.107. The molecule has 1 atom stereocenters. The molecule has 2 amide bonds. The molecule has 0 aliphatic rings. The summed E-state index contributed by atoms with van der Waals surface area (Å²) in [5.41, 5.74) is 1.41. The van der Waals surface area contributed by atoms with Crippen LogP contribution in [0.25, 0.3) is 0 Å². The van der Waals surface area contributed by atoms with Crippen molar-refractivity contribution in [2.45, 2.75) is 32.4 Å². The molecule has 174 valence electrons. The Morgan fingerprint density at radius 2 is 1.69 bits per heavy atom. The van der Waals surface area contributed by atoms with Gasteiger partial charge in [-0.1, -0.05) is 30.3 Å². The highest BCUT2D eigenvalue weighted by Crippen LogP contribution is 2.22. The van der Waals surface area contributed by atoms with E-state index in [2.05, 4.69) is 5.32 Å². The second-order valence-electron chi connectivity index (χ2n) is 7.43. The first-order valence-corrected chi connectivity index (χ1v) is 12.2. The molecule has 0 heterocycles. The van der Waals surface area contributed by atoms with Crippen molar-refractivity contribution < 1.29 is 22.7 Å². The maximum Gasteiger partial charge on any atom is 0.242 e. The van der Waals surface area contributed by atoms with Crippen LogP contribution in [-0.4, -0.2) is 58.1 Å². The molecule has 32 heavy (non-hydrogen) atoms. The fourth-order valence-corrected chi connectivity index (χ4v) is 4.29. The molecule has 0 spiro atoms. The van der Waals surface area contributed by atoms with Gasteiger partial charge in [-0.15, -0.1) is 0 Å². The van der Waals surface area contributed by atoms with E-state index in [1.165, 1.54) is 23.4 Å². The highest BCUT2D eigenvalue weighted by Gasteiger charge is 2.26. The van der Waals surface area contributed by atoms with E-state index in [0.717, 1.165) is 11.8 Å². The Morgan fingerprint density at radius 1 is 1.06 bits per heavy atom. The number of carbonyl (C=O) groups excluding carboxylic acids is 2. The number of rotatable bonds is 11. The van der Waals surface area contributed by atoms with E-state index < -0.39 is 16.1 Å². The van der Waals surface area contributed by atoms with E-state index in [1.54, 1.807) is 31.2 Å². The summed E-state index contributed by atoms with van der Waals surface area (Å²) in [6.45, 7) is 2.12. The number of nitrogens with one attached hydrogen (secondary N) is 1. The zero-order chi connectivity index (χ0) is 23.7. The van der Waals surface area contributed by atoms with Gasteiger partial charge >= 0.3 is 0 Å². The third-order valence-corrected chi connectivity index (χ3v) is 6.32. The van der Waals surface area contributed by atoms with Crippen molar-refractivity contribution >= 4 is 27.5 Å². The van der Waals surface area contributed by atoms with Crippen molar-refractivity contribution in [2.75, 3.05) is 31.3 Å². The summed E-state index contributed by atoms with van der Waals surface area (Å²) in [4.78, 5) is 26.7. The molecule has 0 saturated heterocycles. The Bertz CT molecular complexity index is 994. The summed E-state index contributed by atoms with van der Waals surface area (Å²) in [6, 6.07) is 15.5. The first kappa shape index (κ1) is 25.2. The van der Waals surface area contributed by atoms with Crippen molar-refractivity contribution in [1.29, 1.82) is 0 Å². The average molecular weight is 462 g/mol. The second-order valence-corrected chi connectivity index (χ2v) is 9.34. The summed E-state index contributed by atoms with van der Waals surface area (Å²) in [5, 5.41) is 2.58. The number of ether oxygens (including phenoxy) is 1. The fourth-order valence-electron chi connectivity index (χ4n) is 3.32. The Morgan fingerprint density at radius 3 is 2.22 bits per heavy atom. The molecule has 0 radical (unpaired) electrons. The van der Waals surface area contributed by atoms with Crippen LogP contribution >= 0.6 is 0 Å². The molecule has 9 heteroatoms. The summed E-state index contributed by atoms with van der Waals surface area (Å²) >= 11 is 0. The second kappa shape index (κ2) is 11.5. The van der Waals surface area contributed by atoms with Gasteiger partial charge in [-0.2, -0.15) is 0 Å². The number of nitrogens with zero attached hydrogens (tertiary/aromatic N) is 2. The number of hydrogen-bond acceptors (Lipinski definition) is 5. The zero-order valence-electron chi connectivity index (χ0n) is 18.9. The Labute approximate surface area is 190 Å². The number of benzene rings is 2. The molecular weight excluding hydrogens is 430 g/mol. The van der Waals surface area contributed by atoms with Gasteiger partial charge in [0.1, 0.15) is 11.8 Å². The van der Waals surface area contributed by atoms with Crippen molar-refractivity contribution in [3.63, 3.8) is 0 Å². The van der Waals surface area contributed by atoms with E-state index in [0.29, 0.717) is 24.4 Å². The summed E-state index contributed by atoms with van der Waals surface area (Å²) < 4.78 is 31.0. The van der Waals surface area contributed by atoms with Gasteiger partial charge in [-0.25, -0.2) is 8.42 Å². The fraction of sp³-hybridized carbons (Fsp3) is 0.391. The Balaban J connectivity index is 2.11. The molecule has 2 rings (SSSR count). The van der Waals surface area contributed by atoms with Crippen molar-refractivity contribution in [2.24, 2.45) is 0 Å². The van der Waals surface area contributed by atoms with Crippen LogP contribution < -0.4 is 14.4 Å². The number of sulfonamides is 1. The van der Waals surface area contributed by atoms with Crippen LogP contribution in [-0.2, 0) is 26.2 Å². The normalized spacial score (nSPS) is 12.0. The van der Waals surface area contributed by atoms with Crippen LogP contribution in [0, 0.1) is 0 Å². The van der Waals surface area contributed by atoms with Crippen LogP contribution in [0.4, 0.5) is 5.69 Å². The topological polar surface area (TPSA) is 96.0 Å². The van der Waals surface area contributed by atoms with Gasteiger partial charge in [0.25, 0.3) is 0 Å². The van der Waals surface area contributed by atoms with Crippen LogP contribution in [0.1, 0.15) is 25.3 Å². The summed E-state index contributed by atoms with van der Waals surface area (Å²) in [7, 11) is -0.466. The molecule has 0 aromatic heterocycles. The first-order valence-electron chi connectivity index (χ1n) is 10.3. The molecule has 8 nitrogen and oxygen atoms in total. The molecule has 1 N–H and O–H groups in total. The summed E-state index contributed by atoms with van der Waals surface area (Å²) in [5.74, 6) is 0.149. The zero-order valence-corrected chi connectivity index (χ0v) is 19.8. The average Bonchev–Trinajstić information content (AvgIpc) is 2.79. The van der Waals surface area contributed by atoms with Crippen LogP contribution in [0.3, 0.4) is 0 Å². The van der Waals surface area contributed by atoms with Gasteiger partial charge in [0.15, 0.2) is 0 Å². The summed E-state index contributed by atoms with van der Waals surface area (Å²) in [6.07, 6.45) is 1.55. The molecule has 2 aromatic carbocycles. The first-order chi connectivity index (χ1) is 15.2. The van der Waals surface area contributed by atoms with Gasteiger partial charge in [0.05, 0.1) is 19.1 Å². The number of methoxy groups -OCH3 is 1. The van der Waals surface area contributed by atoms with Gasteiger partial charge in [0, 0.05) is 26.6 Å². The van der Waals surface area contributed by atoms with Gasteiger partial charge < -0.3 is 15.0 Å². The molecule has 0 bridgehead atoms. The largest absolute Gasteiger partial charge is 0.497 e. The lowest BCUT2D eigenvalue weighted by Gasteiger charge is -2.29. The van der Waals surface area contributed by atoms with Crippen molar-refractivity contribution in [1.82, 2.24) is 10.2 Å². The lowest BCUT2D eigenvalue weighted by Crippen LogP contribution is -2.46. The molecule has 0 aliphatic heterocycles. The predicted octanol–water partition coefficient (Wildman–Crippen LogP) is 2.40. The van der Waals surface area contributed by atoms with Crippen molar-refractivity contribution in [3.05, 3.63) is 60.2 Å². The highest BCUT2D eigenvalue weighted by atomic mass is 32.2. The van der Waals surface area contributed by atoms with Crippen LogP contribution in [0.5, 0.6) is 5.75 Å². The maximum atomic E-state index is 13.0. The van der Waals surface area contributed by atoms with Gasteiger partial charge in [0.2, 0.25) is 21.8 Å².